The summed E-state index contributed by atoms with van der Waals surface area (Å²) < 4.78 is 35.0. The Labute approximate surface area is 271 Å². The molecule has 230 valence electrons. The van der Waals surface area contributed by atoms with Crippen LogP contribution in [-0.2, 0) is 26.2 Å². The second kappa shape index (κ2) is 14.3. The molecule has 3 aromatic rings. The molecule has 0 radical (unpaired) electrons. The molecule has 12 heteroatoms. The lowest BCUT2D eigenvalue weighted by Gasteiger charge is -2.33. The standard InChI is InChI=1S/C31H34BrCl2N3O5S/c1-20-11-13-23(14-12-20)37(43(40,41)24-15-16-29(42-3)26(32)17-24)19-30(38)36(18-25-27(33)9-6-10-28(25)34)21(2)31(39)35-22-7-4-5-8-22/h6,9-17,21-22H,4-5,7-8,18-19H2,1-3H3,(H,35,39)/t21-/m0/s1. The zero-order valence-corrected chi connectivity index (χ0v) is 28.1. The lowest BCUT2D eigenvalue weighted by Crippen LogP contribution is -2.52. The van der Waals surface area contributed by atoms with Gasteiger partial charge in [-0.15, -0.1) is 0 Å². The third kappa shape index (κ3) is 7.84. The molecule has 43 heavy (non-hydrogen) atoms. The van der Waals surface area contributed by atoms with Gasteiger partial charge in [0.1, 0.15) is 18.3 Å². The van der Waals surface area contributed by atoms with Crippen LogP contribution in [0.4, 0.5) is 5.69 Å². The Kier molecular flexibility index (Phi) is 11.0. The summed E-state index contributed by atoms with van der Waals surface area (Å²) in [5, 5.41) is 3.71. The molecule has 0 saturated heterocycles. The van der Waals surface area contributed by atoms with Crippen molar-refractivity contribution in [3.8, 4) is 5.75 Å². The average Bonchev–Trinajstić information content (AvgIpc) is 3.49. The fraction of sp³-hybridized carbons (Fsp3) is 0.355. The van der Waals surface area contributed by atoms with Gasteiger partial charge in [0.25, 0.3) is 10.0 Å². The molecular formula is C31H34BrCl2N3O5S. The van der Waals surface area contributed by atoms with Crippen molar-refractivity contribution in [2.75, 3.05) is 18.0 Å². The number of aryl methyl sites for hydroxylation is 1. The van der Waals surface area contributed by atoms with Gasteiger partial charge in [0.05, 0.1) is 22.2 Å². The number of hydrogen-bond acceptors (Lipinski definition) is 5. The van der Waals surface area contributed by atoms with E-state index < -0.39 is 28.5 Å². The van der Waals surface area contributed by atoms with Crippen molar-refractivity contribution in [2.45, 2.75) is 63.1 Å². The highest BCUT2D eigenvalue weighted by Crippen LogP contribution is 2.32. The first kappa shape index (κ1) is 33.1. The summed E-state index contributed by atoms with van der Waals surface area (Å²) in [5.74, 6) is -0.462. The highest BCUT2D eigenvalue weighted by atomic mass is 79.9. The van der Waals surface area contributed by atoms with Crippen molar-refractivity contribution in [1.82, 2.24) is 10.2 Å². The molecule has 0 aromatic heterocycles. The summed E-state index contributed by atoms with van der Waals surface area (Å²) >= 11 is 16.3. The van der Waals surface area contributed by atoms with E-state index in [4.69, 9.17) is 27.9 Å². The number of halogens is 3. The van der Waals surface area contributed by atoms with Crippen molar-refractivity contribution in [3.63, 3.8) is 0 Å². The summed E-state index contributed by atoms with van der Waals surface area (Å²) in [7, 11) is -2.77. The van der Waals surface area contributed by atoms with Crippen LogP contribution < -0.4 is 14.4 Å². The number of sulfonamides is 1. The molecule has 1 aliphatic rings. The minimum absolute atomic E-state index is 0.0359. The number of nitrogens with zero attached hydrogens (tertiary/aromatic N) is 2. The summed E-state index contributed by atoms with van der Waals surface area (Å²) in [4.78, 5) is 28.9. The van der Waals surface area contributed by atoms with Crippen molar-refractivity contribution >= 4 is 66.7 Å². The molecule has 2 amide bonds. The predicted molar refractivity (Wildman–Crippen MR) is 173 cm³/mol. The molecule has 0 unspecified atom stereocenters. The van der Waals surface area contributed by atoms with Crippen molar-refractivity contribution in [1.29, 1.82) is 0 Å². The van der Waals surface area contributed by atoms with Gasteiger partial charge in [0, 0.05) is 28.2 Å². The molecule has 0 spiro atoms. The Morgan fingerprint density at radius 1 is 1.05 bits per heavy atom. The molecule has 1 N–H and O–H groups in total. The number of hydrogen-bond donors (Lipinski definition) is 1. The van der Waals surface area contributed by atoms with E-state index in [0.29, 0.717) is 31.5 Å². The van der Waals surface area contributed by atoms with Crippen LogP contribution in [0.5, 0.6) is 5.75 Å². The first-order valence-corrected chi connectivity index (χ1v) is 16.9. The summed E-state index contributed by atoms with van der Waals surface area (Å²) in [6.07, 6.45) is 3.81. The second-order valence-electron chi connectivity index (χ2n) is 10.5. The van der Waals surface area contributed by atoms with E-state index in [0.717, 1.165) is 35.6 Å². The van der Waals surface area contributed by atoms with Crippen LogP contribution in [-0.4, -0.2) is 50.9 Å². The van der Waals surface area contributed by atoms with Crippen molar-refractivity contribution < 1.29 is 22.7 Å². The number of nitrogens with one attached hydrogen (secondary N) is 1. The van der Waals surface area contributed by atoms with E-state index in [1.165, 1.54) is 30.2 Å². The molecule has 1 fully saturated rings. The number of carbonyl (C=O) groups excluding carboxylic acids is 2. The fourth-order valence-electron chi connectivity index (χ4n) is 5.00. The van der Waals surface area contributed by atoms with E-state index in [1.807, 2.05) is 6.92 Å². The highest BCUT2D eigenvalue weighted by Gasteiger charge is 2.34. The third-order valence-corrected chi connectivity index (χ3v) is 10.7. The molecule has 0 aliphatic heterocycles. The SMILES string of the molecule is COc1ccc(S(=O)(=O)N(CC(=O)N(Cc2c(Cl)cccc2Cl)[C@@H](C)C(=O)NC2CCCC2)c2ccc(C)cc2)cc1Br. The zero-order chi connectivity index (χ0) is 31.3. The number of carbonyl (C=O) groups is 2. The Morgan fingerprint density at radius 3 is 2.26 bits per heavy atom. The number of rotatable bonds is 11. The maximum absolute atomic E-state index is 14.2. The van der Waals surface area contributed by atoms with Crippen LogP contribution in [0.15, 0.2) is 70.0 Å². The molecule has 3 aromatic carbocycles. The largest absolute Gasteiger partial charge is 0.496 e. The van der Waals surface area contributed by atoms with Gasteiger partial charge < -0.3 is 15.0 Å². The van der Waals surface area contributed by atoms with Gasteiger partial charge in [0.2, 0.25) is 11.8 Å². The lowest BCUT2D eigenvalue weighted by molar-refractivity contribution is -0.139. The molecule has 4 rings (SSSR count). The van der Waals surface area contributed by atoms with Crippen LogP contribution in [0.3, 0.4) is 0 Å². The Bertz CT molecular complexity index is 1560. The number of benzene rings is 3. The quantitative estimate of drug-likeness (QED) is 0.238. The predicted octanol–water partition coefficient (Wildman–Crippen LogP) is 6.74. The van der Waals surface area contributed by atoms with Gasteiger partial charge in [0.15, 0.2) is 0 Å². The molecule has 1 aliphatic carbocycles. The molecule has 8 nitrogen and oxygen atoms in total. The average molecular weight is 712 g/mol. The number of methoxy groups -OCH3 is 1. The van der Waals surface area contributed by atoms with E-state index >= 15 is 0 Å². The first-order chi connectivity index (χ1) is 20.4. The third-order valence-electron chi connectivity index (χ3n) is 7.57. The van der Waals surface area contributed by atoms with Gasteiger partial charge >= 0.3 is 0 Å². The normalized spacial score (nSPS) is 14.3. The maximum Gasteiger partial charge on any atom is 0.264 e. The van der Waals surface area contributed by atoms with Crippen molar-refractivity contribution in [3.05, 3.63) is 86.3 Å². The molecular weight excluding hydrogens is 677 g/mol. The molecule has 1 saturated carbocycles. The number of anilines is 1. The van der Waals surface area contributed by atoms with Gasteiger partial charge in [-0.25, -0.2) is 8.42 Å². The topological polar surface area (TPSA) is 96.0 Å². The van der Waals surface area contributed by atoms with Gasteiger partial charge in [-0.3, -0.25) is 13.9 Å². The maximum atomic E-state index is 14.2. The Hall–Kier alpha value is -2.79. The van der Waals surface area contributed by atoms with Crippen LogP contribution in [0.1, 0.15) is 43.7 Å². The number of ether oxygens (including phenoxy) is 1. The van der Waals surface area contributed by atoms with E-state index in [2.05, 4.69) is 21.2 Å². The van der Waals surface area contributed by atoms with E-state index in [-0.39, 0.29) is 23.4 Å². The second-order valence-corrected chi connectivity index (χ2v) is 14.1. The molecule has 1 atom stereocenters. The minimum Gasteiger partial charge on any atom is -0.496 e. The fourth-order valence-corrected chi connectivity index (χ4v) is 7.65. The van der Waals surface area contributed by atoms with Gasteiger partial charge in [-0.05, 0) is 85.1 Å². The first-order valence-electron chi connectivity index (χ1n) is 13.9. The minimum atomic E-state index is -4.25. The monoisotopic (exact) mass is 709 g/mol. The smallest absolute Gasteiger partial charge is 0.264 e. The Balaban J connectivity index is 1.73. The summed E-state index contributed by atoms with van der Waals surface area (Å²) in [6.45, 7) is 2.84. The lowest BCUT2D eigenvalue weighted by atomic mass is 10.1. The van der Waals surface area contributed by atoms with E-state index in [1.54, 1.807) is 49.4 Å². The van der Waals surface area contributed by atoms with Gasteiger partial charge in [-0.1, -0.05) is 59.8 Å². The van der Waals surface area contributed by atoms with Gasteiger partial charge in [-0.2, -0.15) is 0 Å². The molecule has 0 heterocycles. The van der Waals surface area contributed by atoms with Crippen LogP contribution >= 0.6 is 39.1 Å². The summed E-state index contributed by atoms with van der Waals surface area (Å²) in [5.41, 5.74) is 1.68. The van der Waals surface area contributed by atoms with E-state index in [9.17, 15) is 18.0 Å². The summed E-state index contributed by atoms with van der Waals surface area (Å²) in [6, 6.07) is 15.3. The zero-order valence-electron chi connectivity index (χ0n) is 24.1. The highest BCUT2D eigenvalue weighted by molar-refractivity contribution is 9.10. The van der Waals surface area contributed by atoms with Crippen LogP contribution in [0, 0.1) is 6.92 Å². The molecule has 0 bridgehead atoms. The Morgan fingerprint density at radius 2 is 1.67 bits per heavy atom. The number of amides is 2. The van der Waals surface area contributed by atoms with Crippen LogP contribution in [0.2, 0.25) is 10.0 Å². The van der Waals surface area contributed by atoms with Crippen molar-refractivity contribution in [2.24, 2.45) is 0 Å². The van der Waals surface area contributed by atoms with Crippen LogP contribution in [0.25, 0.3) is 0 Å².